The molecule has 128 valence electrons. The second kappa shape index (κ2) is 8.16. The number of hydrogen-bond donors (Lipinski definition) is 3. The Balaban J connectivity index is 1.67. The quantitative estimate of drug-likeness (QED) is 0.729. The van der Waals surface area contributed by atoms with Crippen LogP contribution in [0.5, 0.6) is 0 Å². The Morgan fingerprint density at radius 3 is 2.68 bits per heavy atom. The predicted molar refractivity (Wildman–Crippen MR) is 89.0 cm³/mol. The maximum absolute atomic E-state index is 11.8. The highest BCUT2D eigenvalue weighted by Crippen LogP contribution is 2.25. The number of alkyl carbamates (subject to hydrolysis) is 1. The van der Waals surface area contributed by atoms with Crippen LogP contribution in [-0.4, -0.2) is 43.9 Å². The SMILES string of the molecule is CC(C)(C)OC(=O)NCC1CCCC1NCC1CCCNC1. The molecule has 0 bridgehead atoms. The summed E-state index contributed by atoms with van der Waals surface area (Å²) in [5.74, 6) is 1.29. The predicted octanol–water partition coefficient (Wildman–Crippen LogP) is 2.27. The Hall–Kier alpha value is -0.810. The van der Waals surface area contributed by atoms with Crippen molar-refractivity contribution in [1.29, 1.82) is 0 Å². The van der Waals surface area contributed by atoms with Gasteiger partial charge in [0.25, 0.3) is 0 Å². The second-order valence-electron chi connectivity index (χ2n) is 7.80. The largest absolute Gasteiger partial charge is 0.444 e. The first-order valence-corrected chi connectivity index (χ1v) is 8.85. The summed E-state index contributed by atoms with van der Waals surface area (Å²) in [5.41, 5.74) is -0.425. The van der Waals surface area contributed by atoms with Gasteiger partial charge in [0.05, 0.1) is 0 Å². The number of nitrogens with one attached hydrogen (secondary N) is 3. The van der Waals surface area contributed by atoms with Crippen LogP contribution in [0.3, 0.4) is 0 Å². The fourth-order valence-electron chi connectivity index (χ4n) is 3.49. The smallest absolute Gasteiger partial charge is 0.407 e. The van der Waals surface area contributed by atoms with E-state index in [4.69, 9.17) is 4.74 Å². The van der Waals surface area contributed by atoms with E-state index in [-0.39, 0.29) is 6.09 Å². The molecular formula is C17H33N3O2. The summed E-state index contributed by atoms with van der Waals surface area (Å²) >= 11 is 0. The molecule has 1 saturated heterocycles. The van der Waals surface area contributed by atoms with Crippen molar-refractivity contribution < 1.29 is 9.53 Å². The van der Waals surface area contributed by atoms with Crippen LogP contribution >= 0.6 is 0 Å². The molecule has 0 spiro atoms. The third-order valence-electron chi connectivity index (χ3n) is 4.63. The lowest BCUT2D eigenvalue weighted by Gasteiger charge is -2.27. The standard InChI is InChI=1S/C17H33N3O2/c1-17(2,3)22-16(21)20-12-14-7-4-8-15(14)19-11-13-6-5-9-18-10-13/h13-15,18-19H,4-12H2,1-3H3,(H,20,21). The van der Waals surface area contributed by atoms with Crippen molar-refractivity contribution in [2.75, 3.05) is 26.2 Å². The topological polar surface area (TPSA) is 62.4 Å². The van der Waals surface area contributed by atoms with Crippen molar-refractivity contribution in [3.63, 3.8) is 0 Å². The Morgan fingerprint density at radius 2 is 2.00 bits per heavy atom. The van der Waals surface area contributed by atoms with E-state index in [2.05, 4.69) is 16.0 Å². The molecule has 0 radical (unpaired) electrons. The summed E-state index contributed by atoms with van der Waals surface area (Å²) in [5, 5.41) is 10.1. The lowest BCUT2D eigenvalue weighted by atomic mass is 9.98. The van der Waals surface area contributed by atoms with E-state index in [1.807, 2.05) is 20.8 Å². The van der Waals surface area contributed by atoms with Crippen molar-refractivity contribution >= 4 is 6.09 Å². The summed E-state index contributed by atoms with van der Waals surface area (Å²) in [4.78, 5) is 11.8. The molecule has 0 aromatic rings. The zero-order valence-electron chi connectivity index (χ0n) is 14.4. The normalized spacial score (nSPS) is 29.3. The van der Waals surface area contributed by atoms with Crippen LogP contribution in [0.4, 0.5) is 4.79 Å². The number of rotatable bonds is 5. The Kier molecular flexibility index (Phi) is 6.50. The van der Waals surface area contributed by atoms with Gasteiger partial charge >= 0.3 is 6.09 Å². The van der Waals surface area contributed by atoms with Crippen molar-refractivity contribution in [3.05, 3.63) is 0 Å². The van der Waals surface area contributed by atoms with Gasteiger partial charge in [-0.25, -0.2) is 4.79 Å². The zero-order valence-corrected chi connectivity index (χ0v) is 14.4. The van der Waals surface area contributed by atoms with Gasteiger partial charge in [-0.2, -0.15) is 0 Å². The highest BCUT2D eigenvalue weighted by Gasteiger charge is 2.28. The van der Waals surface area contributed by atoms with E-state index in [1.54, 1.807) is 0 Å². The van der Waals surface area contributed by atoms with Crippen LogP contribution in [-0.2, 0) is 4.74 Å². The van der Waals surface area contributed by atoms with Gasteiger partial charge in [-0.3, -0.25) is 0 Å². The molecule has 2 fully saturated rings. The van der Waals surface area contributed by atoms with Crippen molar-refractivity contribution in [2.24, 2.45) is 11.8 Å². The van der Waals surface area contributed by atoms with Crippen LogP contribution in [0, 0.1) is 11.8 Å². The molecule has 1 aliphatic heterocycles. The Morgan fingerprint density at radius 1 is 1.18 bits per heavy atom. The molecule has 3 atom stereocenters. The third kappa shape index (κ3) is 6.13. The lowest BCUT2D eigenvalue weighted by molar-refractivity contribution is 0.0517. The minimum absolute atomic E-state index is 0.297. The van der Waals surface area contributed by atoms with E-state index in [0.29, 0.717) is 12.0 Å². The van der Waals surface area contributed by atoms with Crippen molar-refractivity contribution in [1.82, 2.24) is 16.0 Å². The third-order valence-corrected chi connectivity index (χ3v) is 4.63. The zero-order chi connectivity index (χ0) is 16.0. The molecule has 1 amide bonds. The van der Waals surface area contributed by atoms with Gasteiger partial charge in [0.1, 0.15) is 5.60 Å². The van der Waals surface area contributed by atoms with E-state index >= 15 is 0 Å². The van der Waals surface area contributed by atoms with Gasteiger partial charge in [0.15, 0.2) is 0 Å². The average Bonchev–Trinajstić information content (AvgIpc) is 2.90. The maximum Gasteiger partial charge on any atom is 0.407 e. The molecule has 1 aliphatic carbocycles. The molecular weight excluding hydrogens is 278 g/mol. The first-order valence-electron chi connectivity index (χ1n) is 8.85. The van der Waals surface area contributed by atoms with Gasteiger partial charge in [0, 0.05) is 12.6 Å². The summed E-state index contributed by atoms with van der Waals surface area (Å²) in [7, 11) is 0. The molecule has 0 aromatic heterocycles. The van der Waals surface area contributed by atoms with Gasteiger partial charge in [-0.15, -0.1) is 0 Å². The van der Waals surface area contributed by atoms with Gasteiger partial charge in [-0.1, -0.05) is 6.42 Å². The number of piperidine rings is 1. The summed E-state index contributed by atoms with van der Waals surface area (Å²) in [6.07, 6.45) is 5.99. The highest BCUT2D eigenvalue weighted by atomic mass is 16.6. The van der Waals surface area contributed by atoms with Crippen LogP contribution < -0.4 is 16.0 Å². The Labute approximate surface area is 134 Å². The molecule has 22 heavy (non-hydrogen) atoms. The fraction of sp³-hybridized carbons (Fsp3) is 0.941. The molecule has 5 heteroatoms. The van der Waals surface area contributed by atoms with Crippen LogP contribution in [0.2, 0.25) is 0 Å². The summed E-state index contributed by atoms with van der Waals surface area (Å²) < 4.78 is 5.31. The number of carbonyl (C=O) groups excluding carboxylic acids is 1. The first-order chi connectivity index (χ1) is 10.4. The average molecular weight is 311 g/mol. The molecule has 1 saturated carbocycles. The Bertz CT molecular complexity index is 348. The molecule has 2 aliphatic rings. The minimum Gasteiger partial charge on any atom is -0.444 e. The number of carbonyl (C=O) groups is 1. The molecule has 0 aromatic carbocycles. The lowest BCUT2D eigenvalue weighted by Crippen LogP contribution is -2.44. The van der Waals surface area contributed by atoms with Gasteiger partial charge in [-0.05, 0) is 77.9 Å². The van der Waals surface area contributed by atoms with E-state index in [9.17, 15) is 4.79 Å². The van der Waals surface area contributed by atoms with Gasteiger partial charge in [0.2, 0.25) is 0 Å². The van der Waals surface area contributed by atoms with Crippen LogP contribution in [0.1, 0.15) is 52.9 Å². The fourth-order valence-corrected chi connectivity index (χ4v) is 3.49. The van der Waals surface area contributed by atoms with E-state index in [0.717, 1.165) is 25.6 Å². The van der Waals surface area contributed by atoms with E-state index in [1.165, 1.54) is 38.6 Å². The maximum atomic E-state index is 11.8. The minimum atomic E-state index is -0.425. The molecule has 3 N–H and O–H groups in total. The second-order valence-corrected chi connectivity index (χ2v) is 7.80. The van der Waals surface area contributed by atoms with Crippen LogP contribution in [0.15, 0.2) is 0 Å². The summed E-state index contributed by atoms with van der Waals surface area (Å²) in [6, 6.07) is 0.539. The highest BCUT2D eigenvalue weighted by molar-refractivity contribution is 5.67. The molecule has 5 nitrogen and oxygen atoms in total. The van der Waals surface area contributed by atoms with Crippen molar-refractivity contribution in [2.45, 2.75) is 64.5 Å². The molecule has 3 unspecified atom stereocenters. The first kappa shape index (κ1) is 17.5. The van der Waals surface area contributed by atoms with Crippen molar-refractivity contribution in [3.8, 4) is 0 Å². The van der Waals surface area contributed by atoms with Crippen LogP contribution in [0.25, 0.3) is 0 Å². The molecule has 1 heterocycles. The summed E-state index contributed by atoms with van der Waals surface area (Å²) in [6.45, 7) is 9.80. The number of amides is 1. The monoisotopic (exact) mass is 311 g/mol. The number of ether oxygens (including phenoxy) is 1. The number of hydrogen-bond acceptors (Lipinski definition) is 4. The molecule has 2 rings (SSSR count). The van der Waals surface area contributed by atoms with E-state index < -0.39 is 5.60 Å². The van der Waals surface area contributed by atoms with Gasteiger partial charge < -0.3 is 20.7 Å².